The Labute approximate surface area is 189 Å². The van der Waals surface area contributed by atoms with Crippen LogP contribution in [0.15, 0.2) is 66.0 Å². The molecule has 4 rings (SSSR count). The number of carbonyl (C=O) groups is 1. The molecular formula is C24H21ClN4O3. The van der Waals surface area contributed by atoms with Gasteiger partial charge in [0.05, 0.1) is 29.5 Å². The van der Waals surface area contributed by atoms with Crippen LogP contribution in [0.25, 0.3) is 33.4 Å². The Morgan fingerprint density at radius 3 is 2.56 bits per heavy atom. The Kier molecular flexibility index (Phi) is 5.76. The second-order valence-corrected chi connectivity index (χ2v) is 8.85. The third-order valence-electron chi connectivity index (χ3n) is 5.11. The van der Waals surface area contributed by atoms with Crippen LogP contribution in [0.3, 0.4) is 0 Å². The van der Waals surface area contributed by atoms with Gasteiger partial charge in [-0.3, -0.25) is 19.1 Å². The van der Waals surface area contributed by atoms with Crippen molar-refractivity contribution >= 4 is 28.5 Å². The van der Waals surface area contributed by atoms with Crippen LogP contribution in [-0.2, 0) is 11.3 Å². The number of fused-ring (bicyclic) bond motifs is 1. The third-order valence-corrected chi connectivity index (χ3v) is 5.37. The quantitative estimate of drug-likeness (QED) is 0.460. The lowest BCUT2D eigenvalue weighted by atomic mass is 9.89. The van der Waals surface area contributed by atoms with Crippen LogP contribution in [0.5, 0.6) is 0 Å². The molecule has 4 aromatic rings. The summed E-state index contributed by atoms with van der Waals surface area (Å²) in [6.07, 6.45) is 4.73. The minimum absolute atomic E-state index is 0.0647. The van der Waals surface area contributed by atoms with Crippen molar-refractivity contribution in [1.82, 2.24) is 19.5 Å². The van der Waals surface area contributed by atoms with E-state index in [2.05, 4.69) is 9.97 Å². The highest BCUT2D eigenvalue weighted by Crippen LogP contribution is 2.29. The topological polar surface area (TPSA) is 98.0 Å². The van der Waals surface area contributed by atoms with Gasteiger partial charge in [0, 0.05) is 35.1 Å². The lowest BCUT2D eigenvalue weighted by Crippen LogP contribution is -2.30. The predicted octanol–water partition coefficient (Wildman–Crippen LogP) is 4.67. The van der Waals surface area contributed by atoms with Gasteiger partial charge in [-0.15, -0.1) is 0 Å². The number of carboxylic acid groups (broad SMARTS) is 1. The summed E-state index contributed by atoms with van der Waals surface area (Å²) in [7, 11) is 0. The van der Waals surface area contributed by atoms with Crippen molar-refractivity contribution in [1.29, 1.82) is 0 Å². The summed E-state index contributed by atoms with van der Waals surface area (Å²) in [6, 6.07) is 12.6. The molecule has 0 radical (unpaired) electrons. The van der Waals surface area contributed by atoms with E-state index in [9.17, 15) is 14.7 Å². The Morgan fingerprint density at radius 1 is 1.16 bits per heavy atom. The van der Waals surface area contributed by atoms with Crippen LogP contribution in [-0.4, -0.2) is 30.6 Å². The van der Waals surface area contributed by atoms with Crippen LogP contribution in [0.4, 0.5) is 0 Å². The first-order valence-electron chi connectivity index (χ1n) is 10.0. The molecule has 1 aromatic carbocycles. The van der Waals surface area contributed by atoms with E-state index in [0.29, 0.717) is 27.3 Å². The largest absolute Gasteiger partial charge is 0.481 e. The molecule has 0 unspecified atom stereocenters. The summed E-state index contributed by atoms with van der Waals surface area (Å²) in [6.45, 7) is 3.84. The van der Waals surface area contributed by atoms with Crippen molar-refractivity contribution in [3.63, 3.8) is 0 Å². The molecule has 0 aliphatic carbocycles. The molecule has 0 atom stereocenters. The highest BCUT2D eigenvalue weighted by Gasteiger charge is 2.24. The zero-order chi connectivity index (χ0) is 22.9. The second-order valence-electron chi connectivity index (χ2n) is 8.41. The van der Waals surface area contributed by atoms with Gasteiger partial charge in [0.25, 0.3) is 5.56 Å². The minimum Gasteiger partial charge on any atom is -0.481 e. The number of aliphatic carboxylic acids is 1. The number of pyridine rings is 2. The summed E-state index contributed by atoms with van der Waals surface area (Å²) >= 11 is 6.03. The molecule has 3 aromatic heterocycles. The summed E-state index contributed by atoms with van der Waals surface area (Å²) in [5, 5.41) is 10.2. The minimum atomic E-state index is -0.912. The Morgan fingerprint density at radius 2 is 1.91 bits per heavy atom. The van der Waals surface area contributed by atoms with E-state index >= 15 is 0 Å². The van der Waals surface area contributed by atoms with E-state index in [4.69, 9.17) is 16.6 Å². The van der Waals surface area contributed by atoms with E-state index in [1.54, 1.807) is 36.7 Å². The number of hydrogen-bond acceptors (Lipinski definition) is 5. The number of hydrogen-bond donors (Lipinski definition) is 1. The zero-order valence-electron chi connectivity index (χ0n) is 17.6. The first kappa shape index (κ1) is 21.6. The molecule has 0 amide bonds. The van der Waals surface area contributed by atoms with Gasteiger partial charge in [-0.2, -0.15) is 0 Å². The van der Waals surface area contributed by atoms with Gasteiger partial charge in [0.1, 0.15) is 5.52 Å². The Hall–Kier alpha value is -3.58. The molecule has 0 fully saturated rings. The molecule has 0 aliphatic rings. The molecule has 162 valence electrons. The van der Waals surface area contributed by atoms with Crippen molar-refractivity contribution in [2.45, 2.75) is 26.8 Å². The molecule has 0 saturated carbocycles. The SMILES string of the molecule is CC(C)(CC(=O)O)Cn1cnc2c(-c3cccnc3)nc(-c3ccc(Cl)cc3)cc2c1=O. The number of nitrogens with zero attached hydrogens (tertiary/aromatic N) is 4. The van der Waals surface area contributed by atoms with Crippen LogP contribution < -0.4 is 5.56 Å². The summed E-state index contributed by atoms with van der Waals surface area (Å²) in [4.78, 5) is 38.1. The third kappa shape index (κ3) is 4.53. The Balaban J connectivity index is 1.93. The highest BCUT2D eigenvalue weighted by molar-refractivity contribution is 6.30. The molecule has 32 heavy (non-hydrogen) atoms. The lowest BCUT2D eigenvalue weighted by molar-refractivity contribution is -0.139. The maximum absolute atomic E-state index is 13.4. The summed E-state index contributed by atoms with van der Waals surface area (Å²) in [5.41, 5.74) is 2.29. The van der Waals surface area contributed by atoms with Gasteiger partial charge in [0.15, 0.2) is 0 Å². The van der Waals surface area contributed by atoms with E-state index in [-0.39, 0.29) is 18.5 Å². The fraction of sp³-hybridized carbons (Fsp3) is 0.208. The molecule has 0 spiro atoms. The number of carboxylic acids is 1. The fourth-order valence-corrected chi connectivity index (χ4v) is 3.80. The summed E-state index contributed by atoms with van der Waals surface area (Å²) < 4.78 is 1.46. The number of benzene rings is 1. The first-order valence-corrected chi connectivity index (χ1v) is 10.4. The molecule has 0 saturated heterocycles. The number of halogens is 1. The van der Waals surface area contributed by atoms with Crippen LogP contribution in [0, 0.1) is 5.41 Å². The van der Waals surface area contributed by atoms with Crippen LogP contribution in [0.1, 0.15) is 20.3 Å². The number of aromatic nitrogens is 4. The van der Waals surface area contributed by atoms with Gasteiger partial charge in [-0.05, 0) is 35.7 Å². The van der Waals surface area contributed by atoms with Gasteiger partial charge in [-0.25, -0.2) is 9.97 Å². The average molecular weight is 449 g/mol. The number of rotatable bonds is 6. The van der Waals surface area contributed by atoms with Crippen molar-refractivity contribution in [2.75, 3.05) is 0 Å². The normalized spacial score (nSPS) is 11.6. The van der Waals surface area contributed by atoms with Crippen molar-refractivity contribution in [3.05, 3.63) is 76.6 Å². The maximum atomic E-state index is 13.4. The zero-order valence-corrected chi connectivity index (χ0v) is 18.4. The van der Waals surface area contributed by atoms with E-state index < -0.39 is 11.4 Å². The summed E-state index contributed by atoms with van der Waals surface area (Å²) in [5.74, 6) is -0.912. The standard InChI is InChI=1S/C24H21ClN4O3/c1-24(2,11-20(30)31)13-29-14-27-22-18(23(29)32)10-19(15-5-7-17(25)8-6-15)28-21(22)16-4-3-9-26-12-16/h3-10,12,14H,11,13H2,1-2H3,(H,30,31). The predicted molar refractivity (Wildman–Crippen MR) is 124 cm³/mol. The van der Waals surface area contributed by atoms with Gasteiger partial charge in [-0.1, -0.05) is 37.6 Å². The van der Waals surface area contributed by atoms with E-state index in [0.717, 1.165) is 11.1 Å². The average Bonchev–Trinajstić information content (AvgIpc) is 2.75. The van der Waals surface area contributed by atoms with E-state index in [1.807, 2.05) is 32.0 Å². The lowest BCUT2D eigenvalue weighted by Gasteiger charge is -2.23. The maximum Gasteiger partial charge on any atom is 0.303 e. The van der Waals surface area contributed by atoms with Crippen molar-refractivity contribution < 1.29 is 9.90 Å². The van der Waals surface area contributed by atoms with Gasteiger partial charge in [0.2, 0.25) is 0 Å². The molecule has 8 heteroatoms. The van der Waals surface area contributed by atoms with Crippen molar-refractivity contribution in [2.24, 2.45) is 5.41 Å². The molecule has 7 nitrogen and oxygen atoms in total. The van der Waals surface area contributed by atoms with Gasteiger partial charge >= 0.3 is 5.97 Å². The highest BCUT2D eigenvalue weighted by atomic mass is 35.5. The van der Waals surface area contributed by atoms with Crippen LogP contribution >= 0.6 is 11.6 Å². The smallest absolute Gasteiger partial charge is 0.303 e. The van der Waals surface area contributed by atoms with Crippen molar-refractivity contribution in [3.8, 4) is 22.5 Å². The molecule has 0 bridgehead atoms. The van der Waals surface area contributed by atoms with Crippen LogP contribution in [0.2, 0.25) is 5.02 Å². The monoisotopic (exact) mass is 448 g/mol. The molecular weight excluding hydrogens is 428 g/mol. The molecule has 1 N–H and O–H groups in total. The van der Waals surface area contributed by atoms with E-state index in [1.165, 1.54) is 10.9 Å². The first-order chi connectivity index (χ1) is 15.2. The fourth-order valence-electron chi connectivity index (χ4n) is 3.68. The molecule has 0 aliphatic heterocycles. The van der Waals surface area contributed by atoms with Gasteiger partial charge < -0.3 is 5.11 Å². The second kappa shape index (κ2) is 8.51. The Bertz CT molecular complexity index is 1350. The molecule has 3 heterocycles.